The minimum Gasteiger partial charge on any atom is -0.493 e. The highest BCUT2D eigenvalue weighted by Gasteiger charge is 2.13. The molecule has 3 aromatic rings. The number of aromatic nitrogens is 3. The maximum absolute atomic E-state index is 12.4. The second-order valence-electron chi connectivity index (χ2n) is 6.04. The molecule has 1 N–H and O–H groups in total. The molecule has 1 unspecified atom stereocenters. The average molecular weight is 367 g/mol. The summed E-state index contributed by atoms with van der Waals surface area (Å²) in [6.45, 7) is 3.68. The fraction of sp³-hybridized carbons (Fsp3) is 0.250. The molecule has 0 bridgehead atoms. The Morgan fingerprint density at radius 1 is 1.26 bits per heavy atom. The Hall–Kier alpha value is -3.19. The molecule has 1 heterocycles. The van der Waals surface area contributed by atoms with Crippen molar-refractivity contribution in [2.45, 2.75) is 19.1 Å². The number of rotatable bonds is 8. The molecule has 7 heteroatoms. The van der Waals surface area contributed by atoms with Crippen molar-refractivity contribution in [1.29, 1.82) is 0 Å². The van der Waals surface area contributed by atoms with Gasteiger partial charge in [-0.15, -0.1) is 11.7 Å². The van der Waals surface area contributed by atoms with Crippen LogP contribution >= 0.6 is 0 Å². The third-order valence-corrected chi connectivity index (χ3v) is 4.05. The van der Waals surface area contributed by atoms with Crippen LogP contribution in [0.25, 0.3) is 10.9 Å². The molecule has 0 saturated heterocycles. The van der Waals surface area contributed by atoms with Crippen LogP contribution in [0.5, 0.6) is 11.5 Å². The molecule has 0 spiro atoms. The molecule has 1 atom stereocenters. The Labute approximate surface area is 156 Å². The van der Waals surface area contributed by atoms with E-state index < -0.39 is 6.10 Å². The smallest absolute Gasteiger partial charge is 0.277 e. The quantitative estimate of drug-likeness (QED) is 0.613. The lowest BCUT2D eigenvalue weighted by Crippen LogP contribution is -2.32. The van der Waals surface area contributed by atoms with E-state index in [1.54, 1.807) is 43.5 Å². The van der Waals surface area contributed by atoms with Gasteiger partial charge in [-0.2, -0.15) is 0 Å². The van der Waals surface area contributed by atoms with Crippen molar-refractivity contribution < 1.29 is 14.6 Å². The summed E-state index contributed by atoms with van der Waals surface area (Å²) >= 11 is 0. The van der Waals surface area contributed by atoms with E-state index in [-0.39, 0.29) is 18.7 Å². The van der Waals surface area contributed by atoms with E-state index in [0.29, 0.717) is 22.4 Å². The number of fused-ring (bicyclic) bond motifs is 1. The number of benzene rings is 2. The molecule has 140 valence electrons. The molecule has 0 aliphatic rings. The van der Waals surface area contributed by atoms with Gasteiger partial charge in [0, 0.05) is 0 Å². The SMILES string of the molecule is C=CCc1ccc(OCC(O)Cn2nnc3ccccc3c2=O)c(OC)c1. The number of hydrogen-bond donors (Lipinski definition) is 1. The summed E-state index contributed by atoms with van der Waals surface area (Å²) in [6.07, 6.45) is 1.60. The second kappa shape index (κ2) is 8.46. The monoisotopic (exact) mass is 367 g/mol. The highest BCUT2D eigenvalue weighted by molar-refractivity contribution is 5.76. The van der Waals surface area contributed by atoms with Crippen molar-refractivity contribution in [2.24, 2.45) is 0 Å². The first-order valence-corrected chi connectivity index (χ1v) is 8.53. The van der Waals surface area contributed by atoms with Gasteiger partial charge >= 0.3 is 0 Å². The predicted octanol–water partition coefficient (Wildman–Crippen LogP) is 1.97. The van der Waals surface area contributed by atoms with Gasteiger partial charge in [-0.1, -0.05) is 29.5 Å². The second-order valence-corrected chi connectivity index (χ2v) is 6.04. The Balaban J connectivity index is 1.68. The van der Waals surface area contributed by atoms with Crippen LogP contribution in [-0.2, 0) is 13.0 Å². The summed E-state index contributed by atoms with van der Waals surface area (Å²) in [4.78, 5) is 12.4. The lowest BCUT2D eigenvalue weighted by molar-refractivity contribution is 0.0859. The van der Waals surface area contributed by atoms with Crippen LogP contribution in [0.2, 0.25) is 0 Å². The highest BCUT2D eigenvalue weighted by atomic mass is 16.5. The zero-order valence-corrected chi connectivity index (χ0v) is 15.0. The lowest BCUT2D eigenvalue weighted by atomic mass is 10.1. The maximum atomic E-state index is 12.4. The van der Waals surface area contributed by atoms with Gasteiger partial charge in [0.15, 0.2) is 11.5 Å². The van der Waals surface area contributed by atoms with Crippen LogP contribution in [0.3, 0.4) is 0 Å². The zero-order chi connectivity index (χ0) is 19.2. The molecule has 3 rings (SSSR count). The van der Waals surface area contributed by atoms with Gasteiger partial charge in [0.1, 0.15) is 18.2 Å². The predicted molar refractivity (Wildman–Crippen MR) is 102 cm³/mol. The minimum absolute atomic E-state index is 0.0158. The first-order valence-electron chi connectivity index (χ1n) is 8.53. The van der Waals surface area contributed by atoms with Crippen molar-refractivity contribution in [3.05, 3.63) is 71.0 Å². The van der Waals surface area contributed by atoms with Gasteiger partial charge in [0.25, 0.3) is 5.56 Å². The van der Waals surface area contributed by atoms with Crippen molar-refractivity contribution in [3.8, 4) is 11.5 Å². The van der Waals surface area contributed by atoms with Gasteiger partial charge in [0.05, 0.1) is 19.0 Å². The molecule has 7 nitrogen and oxygen atoms in total. The van der Waals surface area contributed by atoms with Gasteiger partial charge in [-0.05, 0) is 36.2 Å². The van der Waals surface area contributed by atoms with Crippen LogP contribution in [-0.4, -0.2) is 39.9 Å². The molecule has 0 fully saturated rings. The first kappa shape index (κ1) is 18.6. The van der Waals surface area contributed by atoms with Crippen LogP contribution < -0.4 is 15.0 Å². The van der Waals surface area contributed by atoms with Crippen LogP contribution in [0.1, 0.15) is 5.56 Å². The summed E-state index contributed by atoms with van der Waals surface area (Å²) in [5, 5.41) is 18.6. The number of nitrogens with zero attached hydrogens (tertiary/aromatic N) is 3. The number of allylic oxidation sites excluding steroid dienone is 1. The average Bonchev–Trinajstić information content (AvgIpc) is 2.69. The third-order valence-electron chi connectivity index (χ3n) is 4.05. The van der Waals surface area contributed by atoms with Crippen LogP contribution in [0, 0.1) is 0 Å². The van der Waals surface area contributed by atoms with E-state index in [1.807, 2.05) is 12.1 Å². The fourth-order valence-corrected chi connectivity index (χ4v) is 2.71. The maximum Gasteiger partial charge on any atom is 0.277 e. The van der Waals surface area contributed by atoms with Gasteiger partial charge in [0.2, 0.25) is 0 Å². The molecule has 0 saturated carbocycles. The van der Waals surface area contributed by atoms with E-state index in [9.17, 15) is 9.90 Å². The molecule has 1 aromatic heterocycles. The number of methoxy groups -OCH3 is 1. The van der Waals surface area contributed by atoms with Crippen molar-refractivity contribution in [2.75, 3.05) is 13.7 Å². The highest BCUT2D eigenvalue weighted by Crippen LogP contribution is 2.28. The van der Waals surface area contributed by atoms with Crippen molar-refractivity contribution in [3.63, 3.8) is 0 Å². The minimum atomic E-state index is -0.935. The summed E-state index contributed by atoms with van der Waals surface area (Å²) in [5.41, 5.74) is 1.27. The van der Waals surface area contributed by atoms with Crippen LogP contribution in [0.4, 0.5) is 0 Å². The summed E-state index contributed by atoms with van der Waals surface area (Å²) in [5.74, 6) is 1.09. The normalized spacial score (nSPS) is 11.9. The lowest BCUT2D eigenvalue weighted by Gasteiger charge is -2.15. The molecular formula is C20H21N3O4. The largest absolute Gasteiger partial charge is 0.493 e. The standard InChI is InChI=1S/C20H21N3O4/c1-3-6-14-9-10-18(19(11-14)26-2)27-13-15(24)12-23-20(25)16-7-4-5-8-17(16)21-22-23/h3-5,7-11,15,24H,1,6,12-13H2,2H3. The summed E-state index contributed by atoms with van der Waals surface area (Å²) < 4.78 is 12.1. The van der Waals surface area contributed by atoms with E-state index in [2.05, 4.69) is 16.9 Å². The summed E-state index contributed by atoms with van der Waals surface area (Å²) in [6, 6.07) is 12.5. The van der Waals surface area contributed by atoms with Crippen molar-refractivity contribution in [1.82, 2.24) is 15.0 Å². The molecule has 0 aliphatic carbocycles. The van der Waals surface area contributed by atoms with E-state index >= 15 is 0 Å². The van der Waals surface area contributed by atoms with Gasteiger partial charge in [-0.25, -0.2) is 4.68 Å². The Morgan fingerprint density at radius 2 is 2.07 bits per heavy atom. The molecule has 0 radical (unpaired) electrons. The Kier molecular flexibility index (Phi) is 5.83. The molecule has 0 amide bonds. The number of hydrogen-bond acceptors (Lipinski definition) is 6. The van der Waals surface area contributed by atoms with Crippen LogP contribution in [0.15, 0.2) is 59.9 Å². The Bertz CT molecular complexity index is 1000. The molecular weight excluding hydrogens is 346 g/mol. The van der Waals surface area contributed by atoms with E-state index in [1.165, 1.54) is 0 Å². The number of aliphatic hydroxyl groups excluding tert-OH is 1. The third kappa shape index (κ3) is 4.32. The molecule has 27 heavy (non-hydrogen) atoms. The van der Waals surface area contributed by atoms with Crippen molar-refractivity contribution >= 4 is 10.9 Å². The zero-order valence-electron chi connectivity index (χ0n) is 15.0. The molecule has 0 aliphatic heterocycles. The van der Waals surface area contributed by atoms with Gasteiger partial charge < -0.3 is 14.6 Å². The first-order chi connectivity index (χ1) is 13.1. The fourth-order valence-electron chi connectivity index (χ4n) is 2.71. The number of ether oxygens (including phenoxy) is 2. The molecule has 2 aromatic carbocycles. The van der Waals surface area contributed by atoms with Gasteiger partial charge in [-0.3, -0.25) is 4.79 Å². The number of aliphatic hydroxyl groups is 1. The Morgan fingerprint density at radius 3 is 2.85 bits per heavy atom. The topological polar surface area (TPSA) is 86.5 Å². The van der Waals surface area contributed by atoms with E-state index in [4.69, 9.17) is 9.47 Å². The van der Waals surface area contributed by atoms with E-state index in [0.717, 1.165) is 16.7 Å². The summed E-state index contributed by atoms with van der Waals surface area (Å²) in [7, 11) is 1.56.